The van der Waals surface area contributed by atoms with Gasteiger partial charge in [0.15, 0.2) is 0 Å². The molecule has 0 spiro atoms. The first-order valence-corrected chi connectivity index (χ1v) is 9.45. The van der Waals surface area contributed by atoms with Gasteiger partial charge < -0.3 is 14.2 Å². The summed E-state index contributed by atoms with van der Waals surface area (Å²) in [6, 6.07) is 17.8. The summed E-state index contributed by atoms with van der Waals surface area (Å²) < 4.78 is 10.9. The zero-order valence-electron chi connectivity index (χ0n) is 16.0. The van der Waals surface area contributed by atoms with Crippen LogP contribution in [0.5, 0.6) is 5.75 Å². The second-order valence-corrected chi connectivity index (χ2v) is 7.17. The van der Waals surface area contributed by atoms with Crippen molar-refractivity contribution >= 4 is 5.91 Å². The highest BCUT2D eigenvalue weighted by Crippen LogP contribution is 2.32. The summed E-state index contributed by atoms with van der Waals surface area (Å²) in [4.78, 5) is 19.0. The van der Waals surface area contributed by atoms with Crippen molar-refractivity contribution in [3.05, 3.63) is 66.1 Å². The quantitative estimate of drug-likeness (QED) is 0.652. The highest BCUT2D eigenvalue weighted by Gasteiger charge is 2.35. The Hall–Kier alpha value is -3.15. The lowest BCUT2D eigenvalue weighted by Gasteiger charge is -2.21. The minimum Gasteiger partial charge on any atom is -0.496 e. The number of hydrogen-bond donors (Lipinski definition) is 0. The van der Waals surface area contributed by atoms with Crippen LogP contribution < -0.4 is 4.74 Å². The number of hydrogen-bond acceptors (Lipinski definition) is 5. The zero-order valence-corrected chi connectivity index (χ0v) is 16.0. The van der Waals surface area contributed by atoms with E-state index in [0.717, 1.165) is 5.56 Å². The summed E-state index contributed by atoms with van der Waals surface area (Å²) in [6.45, 7) is 3.43. The summed E-state index contributed by atoms with van der Waals surface area (Å²) in [7, 11) is 1.61. The van der Waals surface area contributed by atoms with Crippen molar-refractivity contribution < 1.29 is 14.1 Å². The van der Waals surface area contributed by atoms with Gasteiger partial charge in [-0.2, -0.15) is 4.98 Å². The number of likely N-dealkylation sites (tertiary alicyclic amines) is 1. The van der Waals surface area contributed by atoms with Gasteiger partial charge in [0.25, 0.3) is 0 Å². The maximum absolute atomic E-state index is 12.5. The molecule has 1 aliphatic rings. The molecule has 3 aromatic rings. The number of nitrogens with zero attached hydrogens (tertiary/aromatic N) is 3. The van der Waals surface area contributed by atoms with Gasteiger partial charge in [0.2, 0.25) is 17.6 Å². The maximum Gasteiger partial charge on any atom is 0.232 e. The number of carbonyl (C=O) groups excluding carboxylic acids is 1. The molecule has 6 nitrogen and oxygen atoms in total. The Kier molecular flexibility index (Phi) is 5.10. The predicted octanol–water partition coefficient (Wildman–Crippen LogP) is 3.86. The summed E-state index contributed by atoms with van der Waals surface area (Å²) in [6.07, 6.45) is 0.398. The van der Waals surface area contributed by atoms with Crippen LogP contribution in [0.15, 0.2) is 59.1 Å². The van der Waals surface area contributed by atoms with Crippen LogP contribution in [0, 0.1) is 0 Å². The molecule has 0 bridgehead atoms. The number of amides is 1. The standard InChI is InChI=1S/C22H23N3O3/c1-15(16-8-4-3-5-9-16)13-25-14-17(12-20(25)26)22-23-21(24-28-22)18-10-6-7-11-19(18)27-2/h3-11,15,17H,12-14H2,1-2H3. The van der Waals surface area contributed by atoms with Gasteiger partial charge in [0.1, 0.15) is 5.75 Å². The van der Waals surface area contributed by atoms with Crippen LogP contribution >= 0.6 is 0 Å². The lowest BCUT2D eigenvalue weighted by atomic mass is 10.0. The topological polar surface area (TPSA) is 68.5 Å². The molecule has 0 radical (unpaired) electrons. The average Bonchev–Trinajstić information content (AvgIpc) is 3.36. The molecule has 2 heterocycles. The molecule has 2 unspecified atom stereocenters. The van der Waals surface area contributed by atoms with E-state index in [9.17, 15) is 4.79 Å². The molecule has 0 aliphatic carbocycles. The number of benzene rings is 2. The first kappa shape index (κ1) is 18.2. The minimum atomic E-state index is -0.0774. The lowest BCUT2D eigenvalue weighted by Crippen LogP contribution is -2.29. The number of carbonyl (C=O) groups is 1. The fourth-order valence-corrected chi connectivity index (χ4v) is 3.67. The predicted molar refractivity (Wildman–Crippen MR) is 105 cm³/mol. The third-order valence-corrected chi connectivity index (χ3v) is 5.22. The van der Waals surface area contributed by atoms with Crippen molar-refractivity contribution in [1.82, 2.24) is 15.0 Å². The fraction of sp³-hybridized carbons (Fsp3) is 0.318. The van der Waals surface area contributed by atoms with Gasteiger partial charge in [-0.25, -0.2) is 0 Å². The van der Waals surface area contributed by atoms with Crippen molar-refractivity contribution in [2.45, 2.75) is 25.2 Å². The molecule has 4 rings (SSSR count). The normalized spacial score (nSPS) is 17.7. The summed E-state index contributed by atoms with van der Waals surface area (Å²) >= 11 is 0. The van der Waals surface area contributed by atoms with Gasteiger partial charge in [-0.05, 0) is 23.6 Å². The second-order valence-electron chi connectivity index (χ2n) is 7.17. The van der Waals surface area contributed by atoms with E-state index in [2.05, 4.69) is 29.2 Å². The highest BCUT2D eigenvalue weighted by atomic mass is 16.5. The number of aromatic nitrogens is 2. The Morgan fingerprint density at radius 3 is 2.71 bits per heavy atom. The van der Waals surface area contributed by atoms with E-state index in [0.29, 0.717) is 37.0 Å². The van der Waals surface area contributed by atoms with Crippen LogP contribution in [0.25, 0.3) is 11.4 Å². The lowest BCUT2D eigenvalue weighted by molar-refractivity contribution is -0.127. The zero-order chi connectivity index (χ0) is 19.5. The van der Waals surface area contributed by atoms with Crippen LogP contribution in [-0.2, 0) is 4.79 Å². The van der Waals surface area contributed by atoms with E-state index in [1.165, 1.54) is 5.56 Å². The summed E-state index contributed by atoms with van der Waals surface area (Å²) in [5.41, 5.74) is 2.01. The van der Waals surface area contributed by atoms with Crippen molar-refractivity contribution in [1.29, 1.82) is 0 Å². The van der Waals surface area contributed by atoms with Crippen LogP contribution in [0.4, 0.5) is 0 Å². The fourth-order valence-electron chi connectivity index (χ4n) is 3.67. The Labute approximate surface area is 164 Å². The van der Waals surface area contributed by atoms with Gasteiger partial charge >= 0.3 is 0 Å². The van der Waals surface area contributed by atoms with Crippen molar-refractivity contribution in [3.8, 4) is 17.1 Å². The Balaban J connectivity index is 1.47. The summed E-state index contributed by atoms with van der Waals surface area (Å²) in [5, 5.41) is 4.10. The van der Waals surface area contributed by atoms with Gasteiger partial charge in [-0.3, -0.25) is 4.79 Å². The van der Waals surface area contributed by atoms with Crippen molar-refractivity contribution in [2.75, 3.05) is 20.2 Å². The molecular weight excluding hydrogens is 354 g/mol. The second kappa shape index (κ2) is 7.84. The SMILES string of the molecule is COc1ccccc1-c1noc(C2CC(=O)N(CC(C)c3ccccc3)C2)n1. The van der Waals surface area contributed by atoms with Gasteiger partial charge in [-0.1, -0.05) is 54.5 Å². The number of methoxy groups -OCH3 is 1. The first-order valence-electron chi connectivity index (χ1n) is 9.45. The van der Waals surface area contributed by atoms with Crippen LogP contribution in [-0.4, -0.2) is 41.1 Å². The molecule has 28 heavy (non-hydrogen) atoms. The molecule has 1 aliphatic heterocycles. The highest BCUT2D eigenvalue weighted by molar-refractivity contribution is 5.79. The van der Waals surface area contributed by atoms with E-state index >= 15 is 0 Å². The Morgan fingerprint density at radius 1 is 1.18 bits per heavy atom. The monoisotopic (exact) mass is 377 g/mol. The minimum absolute atomic E-state index is 0.0774. The maximum atomic E-state index is 12.5. The van der Waals surface area contributed by atoms with Gasteiger partial charge in [0.05, 0.1) is 18.6 Å². The third kappa shape index (κ3) is 3.63. The number of para-hydroxylation sites is 1. The smallest absolute Gasteiger partial charge is 0.232 e. The van der Waals surface area contributed by atoms with E-state index in [-0.39, 0.29) is 17.7 Å². The molecule has 2 atom stereocenters. The van der Waals surface area contributed by atoms with Crippen LogP contribution in [0.1, 0.15) is 36.6 Å². The molecule has 1 aromatic heterocycles. The molecule has 0 saturated carbocycles. The molecule has 0 N–H and O–H groups in total. The van der Waals surface area contributed by atoms with Crippen molar-refractivity contribution in [3.63, 3.8) is 0 Å². The van der Waals surface area contributed by atoms with Gasteiger partial charge in [-0.15, -0.1) is 0 Å². The van der Waals surface area contributed by atoms with E-state index in [4.69, 9.17) is 9.26 Å². The summed E-state index contributed by atoms with van der Waals surface area (Å²) in [5.74, 6) is 2.00. The van der Waals surface area contributed by atoms with E-state index in [1.54, 1.807) is 7.11 Å². The molecule has 1 amide bonds. The third-order valence-electron chi connectivity index (χ3n) is 5.22. The van der Waals surface area contributed by atoms with Gasteiger partial charge in [0, 0.05) is 19.5 Å². The number of ether oxygens (including phenoxy) is 1. The molecule has 1 saturated heterocycles. The molecular formula is C22H23N3O3. The van der Waals surface area contributed by atoms with E-state index in [1.807, 2.05) is 47.4 Å². The largest absolute Gasteiger partial charge is 0.496 e. The molecule has 1 fully saturated rings. The number of rotatable bonds is 6. The Morgan fingerprint density at radius 2 is 1.93 bits per heavy atom. The molecule has 144 valence electrons. The Bertz CT molecular complexity index is 954. The van der Waals surface area contributed by atoms with Crippen molar-refractivity contribution in [2.24, 2.45) is 0 Å². The average molecular weight is 377 g/mol. The van der Waals surface area contributed by atoms with E-state index < -0.39 is 0 Å². The molecule has 6 heteroatoms. The first-order chi connectivity index (χ1) is 13.7. The molecule has 2 aromatic carbocycles. The van der Waals surface area contributed by atoms with Crippen LogP contribution in [0.3, 0.4) is 0 Å². The van der Waals surface area contributed by atoms with Crippen LogP contribution in [0.2, 0.25) is 0 Å².